The third-order valence-corrected chi connectivity index (χ3v) is 7.35. The van der Waals surface area contributed by atoms with Crippen LogP contribution in [0.5, 0.6) is 0 Å². The van der Waals surface area contributed by atoms with Crippen molar-refractivity contribution in [3.05, 3.63) is 120 Å². The number of fused-ring (bicyclic) bond motifs is 1. The molecule has 176 valence electrons. The average molecular weight is 484 g/mol. The maximum absolute atomic E-state index is 13.0. The number of nitrogens with one attached hydrogen (secondary N) is 3. The van der Waals surface area contributed by atoms with Gasteiger partial charge in [-0.3, -0.25) is 9.52 Å². The highest BCUT2D eigenvalue weighted by Gasteiger charge is 2.31. The van der Waals surface area contributed by atoms with Gasteiger partial charge in [0.05, 0.1) is 16.3 Å². The normalized spacial score (nSPS) is 13.9. The summed E-state index contributed by atoms with van der Waals surface area (Å²) in [5.74, 6) is -0.166. The molecule has 0 aliphatic carbocycles. The molecule has 1 aliphatic heterocycles. The Hall–Kier alpha value is -4.10. The van der Waals surface area contributed by atoms with Gasteiger partial charge in [0.1, 0.15) is 5.66 Å². The summed E-state index contributed by atoms with van der Waals surface area (Å²) in [5, 5.41) is 6.99. The van der Waals surface area contributed by atoms with Crippen molar-refractivity contribution in [1.29, 1.82) is 0 Å². The summed E-state index contributed by atoms with van der Waals surface area (Å²) in [6.45, 7) is 2.07. The number of benzene rings is 4. The van der Waals surface area contributed by atoms with Gasteiger partial charge in [0.25, 0.3) is 10.0 Å². The van der Waals surface area contributed by atoms with Gasteiger partial charge in [-0.1, -0.05) is 66.7 Å². The summed E-state index contributed by atoms with van der Waals surface area (Å²) in [4.78, 5) is 12.9. The van der Waals surface area contributed by atoms with E-state index in [1.54, 1.807) is 60.7 Å². The van der Waals surface area contributed by atoms with E-state index in [-0.39, 0.29) is 16.3 Å². The van der Waals surface area contributed by atoms with E-state index >= 15 is 0 Å². The SMILES string of the molecule is CC1(Cc2ccc(S(=O)(=O)Nc3cccc(C(=O)c4ccccc4)c3)cc2)Nc2ccccc2N1. The van der Waals surface area contributed by atoms with Gasteiger partial charge in [-0.2, -0.15) is 0 Å². The molecular weight excluding hydrogens is 458 g/mol. The van der Waals surface area contributed by atoms with Crippen molar-refractivity contribution in [2.75, 3.05) is 15.4 Å². The fraction of sp³-hybridized carbons (Fsp3) is 0.107. The Bertz CT molecular complexity index is 1460. The molecule has 3 N–H and O–H groups in total. The Balaban J connectivity index is 1.29. The van der Waals surface area contributed by atoms with Crippen LogP contribution in [-0.2, 0) is 16.4 Å². The number of carbonyl (C=O) groups is 1. The molecule has 0 saturated heterocycles. The van der Waals surface area contributed by atoms with E-state index in [1.165, 1.54) is 0 Å². The van der Waals surface area contributed by atoms with E-state index in [2.05, 4.69) is 22.3 Å². The molecule has 4 aromatic carbocycles. The first-order valence-corrected chi connectivity index (χ1v) is 12.8. The van der Waals surface area contributed by atoms with Crippen LogP contribution in [0.15, 0.2) is 108 Å². The van der Waals surface area contributed by atoms with Gasteiger partial charge in [0.2, 0.25) is 0 Å². The fourth-order valence-corrected chi connectivity index (χ4v) is 5.35. The van der Waals surface area contributed by atoms with Crippen LogP contribution in [0.4, 0.5) is 17.1 Å². The highest BCUT2D eigenvalue weighted by Crippen LogP contribution is 2.35. The van der Waals surface area contributed by atoms with Crippen LogP contribution < -0.4 is 15.4 Å². The average Bonchev–Trinajstić information content (AvgIpc) is 3.20. The molecule has 6 nitrogen and oxygen atoms in total. The highest BCUT2D eigenvalue weighted by atomic mass is 32.2. The van der Waals surface area contributed by atoms with Crippen LogP contribution in [0, 0.1) is 0 Å². The maximum Gasteiger partial charge on any atom is 0.261 e. The first-order valence-electron chi connectivity index (χ1n) is 11.3. The predicted octanol–water partition coefficient (Wildman–Crippen LogP) is 5.51. The van der Waals surface area contributed by atoms with E-state index in [9.17, 15) is 13.2 Å². The first-order chi connectivity index (χ1) is 16.8. The zero-order valence-corrected chi connectivity index (χ0v) is 20.0. The Morgan fingerprint density at radius 1 is 0.771 bits per heavy atom. The van der Waals surface area contributed by atoms with Gasteiger partial charge in [0.15, 0.2) is 5.78 Å². The molecule has 35 heavy (non-hydrogen) atoms. The zero-order valence-electron chi connectivity index (χ0n) is 19.2. The number of rotatable bonds is 7. The lowest BCUT2D eigenvalue weighted by molar-refractivity contribution is 0.103. The molecule has 0 radical (unpaired) electrons. The van der Waals surface area contributed by atoms with E-state index in [1.807, 2.05) is 42.5 Å². The van der Waals surface area contributed by atoms with E-state index < -0.39 is 10.0 Å². The third-order valence-electron chi connectivity index (χ3n) is 5.95. The minimum absolute atomic E-state index is 0.154. The molecule has 0 aromatic heterocycles. The minimum Gasteiger partial charge on any atom is -0.361 e. The smallest absolute Gasteiger partial charge is 0.261 e. The second-order valence-corrected chi connectivity index (χ2v) is 10.5. The lowest BCUT2D eigenvalue weighted by Crippen LogP contribution is -2.40. The van der Waals surface area contributed by atoms with Gasteiger partial charge in [0, 0.05) is 23.2 Å². The number of carbonyl (C=O) groups excluding carboxylic acids is 1. The molecule has 5 rings (SSSR count). The second-order valence-electron chi connectivity index (χ2n) is 8.83. The Morgan fingerprint density at radius 3 is 2.03 bits per heavy atom. The van der Waals surface area contributed by atoms with Crippen molar-refractivity contribution in [3.8, 4) is 0 Å². The molecule has 1 heterocycles. The van der Waals surface area contributed by atoms with Crippen molar-refractivity contribution in [2.45, 2.75) is 23.9 Å². The van der Waals surface area contributed by atoms with Gasteiger partial charge in [-0.15, -0.1) is 0 Å². The van der Waals surface area contributed by atoms with Crippen molar-refractivity contribution in [3.63, 3.8) is 0 Å². The van der Waals surface area contributed by atoms with E-state index in [4.69, 9.17) is 0 Å². The monoisotopic (exact) mass is 483 g/mol. The number of hydrogen-bond acceptors (Lipinski definition) is 5. The molecule has 0 spiro atoms. The summed E-state index contributed by atoms with van der Waals surface area (Å²) in [6, 6.07) is 30.3. The van der Waals surface area contributed by atoms with Crippen molar-refractivity contribution in [2.24, 2.45) is 0 Å². The maximum atomic E-state index is 13.0. The number of hydrogen-bond donors (Lipinski definition) is 3. The number of para-hydroxylation sites is 2. The Labute approximate surface area is 205 Å². The van der Waals surface area contributed by atoms with Gasteiger partial charge in [-0.05, 0) is 48.9 Å². The summed E-state index contributed by atoms with van der Waals surface area (Å²) in [6.07, 6.45) is 0.666. The Morgan fingerprint density at radius 2 is 1.37 bits per heavy atom. The summed E-state index contributed by atoms with van der Waals surface area (Å²) in [5.41, 5.74) is 4.02. The Kier molecular flexibility index (Phi) is 5.78. The molecule has 7 heteroatoms. The fourth-order valence-electron chi connectivity index (χ4n) is 4.30. The minimum atomic E-state index is -3.82. The van der Waals surface area contributed by atoms with Crippen molar-refractivity contribution >= 4 is 32.9 Å². The lowest BCUT2D eigenvalue weighted by Gasteiger charge is -2.26. The van der Waals surface area contributed by atoms with Crippen LogP contribution in [-0.4, -0.2) is 19.9 Å². The molecule has 0 amide bonds. The van der Waals surface area contributed by atoms with Crippen LogP contribution in [0.25, 0.3) is 0 Å². The van der Waals surface area contributed by atoms with Gasteiger partial charge < -0.3 is 10.6 Å². The number of anilines is 3. The highest BCUT2D eigenvalue weighted by molar-refractivity contribution is 7.92. The number of sulfonamides is 1. The molecular formula is C28H25N3O3S. The molecule has 0 unspecified atom stereocenters. The number of ketones is 1. The molecule has 4 aromatic rings. The van der Waals surface area contributed by atoms with Crippen molar-refractivity contribution < 1.29 is 13.2 Å². The largest absolute Gasteiger partial charge is 0.361 e. The molecule has 0 bridgehead atoms. The van der Waals surface area contributed by atoms with Crippen LogP contribution in [0.2, 0.25) is 0 Å². The van der Waals surface area contributed by atoms with Gasteiger partial charge >= 0.3 is 0 Å². The van der Waals surface area contributed by atoms with Crippen LogP contribution >= 0.6 is 0 Å². The zero-order chi connectivity index (χ0) is 24.5. The molecule has 0 atom stereocenters. The molecule has 0 saturated carbocycles. The predicted molar refractivity (Wildman–Crippen MR) is 139 cm³/mol. The van der Waals surface area contributed by atoms with Gasteiger partial charge in [-0.25, -0.2) is 8.42 Å². The summed E-state index contributed by atoms with van der Waals surface area (Å²) in [7, 11) is -3.82. The van der Waals surface area contributed by atoms with E-state index in [0.717, 1.165) is 16.9 Å². The van der Waals surface area contributed by atoms with Crippen molar-refractivity contribution in [1.82, 2.24) is 0 Å². The standard InChI is InChI=1S/C28H25N3O3S/c1-28(29-25-12-5-6-13-26(25)30-28)19-20-14-16-24(17-15-20)35(33,34)31-23-11-7-10-22(18-23)27(32)21-8-3-2-4-9-21/h2-18,29-31H,19H2,1H3. The van der Waals surface area contributed by atoms with Crippen LogP contribution in [0.3, 0.4) is 0 Å². The first kappa shape index (κ1) is 22.7. The summed E-state index contributed by atoms with van der Waals surface area (Å²) >= 11 is 0. The van der Waals surface area contributed by atoms with E-state index in [0.29, 0.717) is 23.2 Å². The second kappa shape index (κ2) is 8.92. The van der Waals surface area contributed by atoms with Crippen LogP contribution in [0.1, 0.15) is 28.4 Å². The molecule has 1 aliphatic rings. The molecule has 0 fully saturated rings. The summed E-state index contributed by atoms with van der Waals surface area (Å²) < 4.78 is 28.6. The lowest BCUT2D eigenvalue weighted by atomic mass is 10.0. The quantitative estimate of drug-likeness (QED) is 0.302. The third kappa shape index (κ3) is 4.90. The topological polar surface area (TPSA) is 87.3 Å².